The van der Waals surface area contributed by atoms with Crippen molar-refractivity contribution in [3.05, 3.63) is 35.3 Å². The fourth-order valence-corrected chi connectivity index (χ4v) is 2.06. The van der Waals surface area contributed by atoms with Crippen molar-refractivity contribution < 1.29 is 8.81 Å². The molecule has 1 N–H and O–H groups in total. The fourth-order valence-electron chi connectivity index (χ4n) is 2.06. The van der Waals surface area contributed by atoms with Crippen LogP contribution in [0.3, 0.4) is 0 Å². The van der Waals surface area contributed by atoms with E-state index in [1.165, 1.54) is 6.07 Å². The lowest BCUT2D eigenvalue weighted by Gasteiger charge is -2.19. The number of halogens is 1. The molecule has 0 aliphatic carbocycles. The average Bonchev–Trinajstić information content (AvgIpc) is 2.64. The normalized spacial score (nSPS) is 12.3. The molecule has 18 heavy (non-hydrogen) atoms. The molecule has 98 valence electrons. The zero-order valence-electron chi connectivity index (χ0n) is 11.4. The molecule has 0 aliphatic heterocycles. The van der Waals surface area contributed by atoms with Crippen molar-refractivity contribution in [3.8, 4) is 0 Å². The van der Waals surface area contributed by atoms with Gasteiger partial charge in [0.15, 0.2) is 11.4 Å². The van der Waals surface area contributed by atoms with E-state index in [0.717, 1.165) is 23.1 Å². The summed E-state index contributed by atoms with van der Waals surface area (Å²) in [5.41, 5.74) is 1.49. The maximum absolute atomic E-state index is 13.7. The van der Waals surface area contributed by atoms with Crippen molar-refractivity contribution >= 4 is 11.0 Å². The van der Waals surface area contributed by atoms with Gasteiger partial charge in [0, 0.05) is 16.5 Å². The molecule has 3 heteroatoms. The van der Waals surface area contributed by atoms with Gasteiger partial charge in [-0.05, 0) is 33.3 Å². The van der Waals surface area contributed by atoms with Gasteiger partial charge in [0.25, 0.3) is 0 Å². The van der Waals surface area contributed by atoms with Gasteiger partial charge in [-0.1, -0.05) is 19.1 Å². The summed E-state index contributed by atoms with van der Waals surface area (Å²) >= 11 is 0. The third-order valence-corrected chi connectivity index (χ3v) is 2.99. The van der Waals surface area contributed by atoms with Gasteiger partial charge in [-0.25, -0.2) is 4.39 Å². The third-order valence-electron chi connectivity index (χ3n) is 2.99. The Bertz CT molecular complexity index is 551. The van der Waals surface area contributed by atoms with Crippen LogP contribution in [0.5, 0.6) is 0 Å². The quantitative estimate of drug-likeness (QED) is 0.888. The highest BCUT2D eigenvalue weighted by Crippen LogP contribution is 2.28. The summed E-state index contributed by atoms with van der Waals surface area (Å²) in [7, 11) is 0. The van der Waals surface area contributed by atoms with Crippen LogP contribution in [0.4, 0.5) is 4.39 Å². The number of benzene rings is 1. The second-order valence-corrected chi connectivity index (χ2v) is 5.58. The Morgan fingerprint density at radius 1 is 1.28 bits per heavy atom. The largest absolute Gasteiger partial charge is 0.456 e. The fraction of sp³-hybridized carbons (Fsp3) is 0.467. The van der Waals surface area contributed by atoms with E-state index in [1.807, 2.05) is 6.07 Å². The van der Waals surface area contributed by atoms with Gasteiger partial charge < -0.3 is 9.73 Å². The molecule has 0 unspecified atom stereocenters. The summed E-state index contributed by atoms with van der Waals surface area (Å²) < 4.78 is 19.4. The van der Waals surface area contributed by atoms with Crippen LogP contribution < -0.4 is 5.32 Å². The maximum Gasteiger partial charge on any atom is 0.170 e. The summed E-state index contributed by atoms with van der Waals surface area (Å²) in [5, 5.41) is 4.27. The van der Waals surface area contributed by atoms with E-state index in [0.29, 0.717) is 12.1 Å². The first-order chi connectivity index (χ1) is 8.42. The van der Waals surface area contributed by atoms with Crippen LogP contribution >= 0.6 is 0 Å². The highest BCUT2D eigenvalue weighted by Gasteiger charge is 2.17. The Morgan fingerprint density at radius 3 is 2.61 bits per heavy atom. The van der Waals surface area contributed by atoms with Crippen molar-refractivity contribution in [2.45, 2.75) is 46.2 Å². The van der Waals surface area contributed by atoms with Crippen LogP contribution in [0.25, 0.3) is 11.0 Å². The Hall–Kier alpha value is -1.35. The van der Waals surface area contributed by atoms with E-state index >= 15 is 0 Å². The zero-order valence-corrected chi connectivity index (χ0v) is 11.4. The first-order valence-corrected chi connectivity index (χ1v) is 6.36. The third kappa shape index (κ3) is 2.56. The summed E-state index contributed by atoms with van der Waals surface area (Å²) in [4.78, 5) is 0. The second kappa shape index (κ2) is 4.73. The van der Waals surface area contributed by atoms with Crippen LogP contribution in [0.1, 0.15) is 39.0 Å². The van der Waals surface area contributed by atoms with Crippen LogP contribution in [0, 0.1) is 5.82 Å². The molecule has 0 aliphatic rings. The number of nitrogens with one attached hydrogen (secondary N) is 1. The molecule has 0 fully saturated rings. The summed E-state index contributed by atoms with van der Waals surface area (Å²) in [6, 6.07) is 5.08. The summed E-state index contributed by atoms with van der Waals surface area (Å²) in [6.07, 6.45) is 0.845. The van der Waals surface area contributed by atoms with Gasteiger partial charge in [0.2, 0.25) is 0 Å². The second-order valence-electron chi connectivity index (χ2n) is 5.58. The molecular formula is C15H20FNO. The molecular weight excluding hydrogens is 229 g/mol. The number of rotatable bonds is 3. The first kappa shape index (κ1) is 13.1. The minimum atomic E-state index is -0.288. The van der Waals surface area contributed by atoms with Gasteiger partial charge in [0.1, 0.15) is 5.76 Å². The monoisotopic (exact) mass is 249 g/mol. The number of hydrogen-bond donors (Lipinski definition) is 1. The molecule has 0 spiro atoms. The number of hydrogen-bond acceptors (Lipinski definition) is 2. The minimum Gasteiger partial charge on any atom is -0.456 e. The molecule has 2 nitrogen and oxygen atoms in total. The van der Waals surface area contributed by atoms with E-state index in [4.69, 9.17) is 4.42 Å². The van der Waals surface area contributed by atoms with Crippen LogP contribution in [0.15, 0.2) is 22.6 Å². The summed E-state index contributed by atoms with van der Waals surface area (Å²) in [6.45, 7) is 8.99. The van der Waals surface area contributed by atoms with Crippen LogP contribution in [-0.4, -0.2) is 5.54 Å². The molecule has 0 saturated heterocycles. The molecule has 2 rings (SSSR count). The van der Waals surface area contributed by atoms with Crippen LogP contribution in [-0.2, 0) is 13.0 Å². The van der Waals surface area contributed by atoms with Crippen LogP contribution in [0.2, 0.25) is 0 Å². The van der Waals surface area contributed by atoms with E-state index in [-0.39, 0.29) is 11.4 Å². The Labute approximate surface area is 107 Å². The van der Waals surface area contributed by atoms with Crippen molar-refractivity contribution in [3.63, 3.8) is 0 Å². The van der Waals surface area contributed by atoms with Gasteiger partial charge in [-0.15, -0.1) is 0 Å². The molecule has 0 atom stereocenters. The smallest absolute Gasteiger partial charge is 0.170 e. The van der Waals surface area contributed by atoms with Crippen molar-refractivity contribution in [2.75, 3.05) is 0 Å². The molecule has 0 bridgehead atoms. The predicted molar refractivity (Wildman–Crippen MR) is 72.1 cm³/mol. The van der Waals surface area contributed by atoms with Gasteiger partial charge in [-0.2, -0.15) is 0 Å². The molecule has 0 saturated carbocycles. The molecule has 2 aromatic rings. The minimum absolute atomic E-state index is 0.0164. The van der Waals surface area contributed by atoms with E-state index in [9.17, 15) is 4.39 Å². The van der Waals surface area contributed by atoms with Crippen molar-refractivity contribution in [1.82, 2.24) is 5.32 Å². The van der Waals surface area contributed by atoms with Gasteiger partial charge in [0.05, 0.1) is 6.54 Å². The number of aryl methyl sites for hydroxylation is 1. The molecule has 0 amide bonds. The predicted octanol–water partition coefficient (Wildman–Crippen LogP) is 4.02. The van der Waals surface area contributed by atoms with Gasteiger partial charge in [-0.3, -0.25) is 0 Å². The Kier molecular flexibility index (Phi) is 3.44. The molecule has 1 heterocycles. The average molecular weight is 249 g/mol. The maximum atomic E-state index is 13.7. The van der Waals surface area contributed by atoms with Gasteiger partial charge >= 0.3 is 0 Å². The highest BCUT2D eigenvalue weighted by atomic mass is 19.1. The van der Waals surface area contributed by atoms with E-state index in [2.05, 4.69) is 33.0 Å². The lowest BCUT2D eigenvalue weighted by Crippen LogP contribution is -2.35. The number of furan rings is 1. The summed E-state index contributed by atoms with van der Waals surface area (Å²) in [5.74, 6) is 0.553. The zero-order chi connectivity index (χ0) is 13.3. The standard InChI is InChI=1S/C15H20FNO/c1-5-10-11-7-6-8-12(16)14(11)18-13(10)9-17-15(2,3)4/h6-8,17H,5,9H2,1-4H3. The topological polar surface area (TPSA) is 25.2 Å². The van der Waals surface area contributed by atoms with E-state index < -0.39 is 0 Å². The van der Waals surface area contributed by atoms with Crippen molar-refractivity contribution in [1.29, 1.82) is 0 Å². The SMILES string of the molecule is CCc1c(CNC(C)(C)C)oc2c(F)cccc12. The van der Waals surface area contributed by atoms with Crippen molar-refractivity contribution in [2.24, 2.45) is 0 Å². The number of para-hydroxylation sites is 1. The first-order valence-electron chi connectivity index (χ1n) is 6.36. The molecule has 1 aromatic heterocycles. The lowest BCUT2D eigenvalue weighted by molar-refractivity contribution is 0.391. The molecule has 1 aromatic carbocycles. The Morgan fingerprint density at radius 2 is 2.00 bits per heavy atom. The molecule has 0 radical (unpaired) electrons. The Balaban J connectivity index is 2.41. The number of fused-ring (bicyclic) bond motifs is 1. The lowest BCUT2D eigenvalue weighted by atomic mass is 10.1. The highest BCUT2D eigenvalue weighted by molar-refractivity contribution is 5.82. The van der Waals surface area contributed by atoms with E-state index in [1.54, 1.807) is 6.07 Å².